The van der Waals surface area contributed by atoms with Gasteiger partial charge in [0.25, 0.3) is 0 Å². The molecule has 2 nitrogen and oxygen atoms in total. The van der Waals surface area contributed by atoms with E-state index in [1.54, 1.807) is 0 Å². The number of rotatable bonds is 1. The van der Waals surface area contributed by atoms with Gasteiger partial charge in [-0.05, 0) is 40.5 Å². The average Bonchev–Trinajstić information content (AvgIpc) is 1.90. The van der Waals surface area contributed by atoms with Gasteiger partial charge in [-0.2, -0.15) is 0 Å². The predicted molar refractivity (Wildman–Crippen MR) is 47.3 cm³/mol. The Morgan fingerprint density at radius 2 is 2.36 bits per heavy atom. The number of pyridine rings is 1. The molecule has 58 valence electrons. The van der Waals surface area contributed by atoms with Gasteiger partial charge in [-0.15, -0.1) is 0 Å². The second-order valence-electron chi connectivity index (χ2n) is 2.71. The Balaban J connectivity index is 2.18. The van der Waals surface area contributed by atoms with Gasteiger partial charge in [-0.3, -0.25) is 0 Å². The van der Waals surface area contributed by atoms with Crippen LogP contribution in [0, 0.1) is 0 Å². The molecule has 1 aliphatic heterocycles. The van der Waals surface area contributed by atoms with E-state index >= 15 is 0 Å². The van der Waals surface area contributed by atoms with Crippen molar-refractivity contribution in [2.24, 2.45) is 0 Å². The van der Waals surface area contributed by atoms with Crippen LogP contribution in [-0.4, -0.2) is 11.5 Å². The Morgan fingerprint density at radius 1 is 1.55 bits per heavy atom. The second kappa shape index (κ2) is 2.91. The van der Waals surface area contributed by atoms with Gasteiger partial charge < -0.3 is 5.32 Å². The highest BCUT2D eigenvalue weighted by Gasteiger charge is 2.17. The van der Waals surface area contributed by atoms with Crippen LogP contribution in [0.5, 0.6) is 0 Å². The van der Waals surface area contributed by atoms with Gasteiger partial charge in [0, 0.05) is 12.2 Å². The fourth-order valence-corrected chi connectivity index (χ4v) is 1.40. The van der Waals surface area contributed by atoms with Crippen molar-refractivity contribution in [3.63, 3.8) is 0 Å². The standard InChI is InChI=1S/C8H9BrN2/c9-8-2-1-6(5-11-8)7-3-4-10-7/h1-2,5,7,10H,3-4H2. The lowest BCUT2D eigenvalue weighted by molar-refractivity contribution is 0.382. The van der Waals surface area contributed by atoms with Crippen LogP contribution in [-0.2, 0) is 0 Å². The van der Waals surface area contributed by atoms with Gasteiger partial charge >= 0.3 is 0 Å². The average molecular weight is 213 g/mol. The first kappa shape index (κ1) is 7.25. The molecule has 0 saturated carbocycles. The van der Waals surface area contributed by atoms with E-state index in [0.29, 0.717) is 6.04 Å². The highest BCUT2D eigenvalue weighted by Crippen LogP contribution is 2.22. The minimum atomic E-state index is 0.551. The first-order chi connectivity index (χ1) is 5.36. The minimum Gasteiger partial charge on any atom is -0.310 e. The van der Waals surface area contributed by atoms with E-state index in [9.17, 15) is 0 Å². The van der Waals surface area contributed by atoms with E-state index in [1.165, 1.54) is 12.0 Å². The van der Waals surface area contributed by atoms with E-state index in [0.717, 1.165) is 11.1 Å². The maximum atomic E-state index is 4.16. The lowest BCUT2D eigenvalue weighted by Crippen LogP contribution is -2.34. The molecule has 2 heterocycles. The van der Waals surface area contributed by atoms with Crippen LogP contribution in [0.4, 0.5) is 0 Å². The van der Waals surface area contributed by atoms with Gasteiger partial charge in [-0.1, -0.05) is 6.07 Å². The predicted octanol–water partition coefficient (Wildman–Crippen LogP) is 1.88. The van der Waals surface area contributed by atoms with Crippen molar-refractivity contribution in [3.05, 3.63) is 28.5 Å². The summed E-state index contributed by atoms with van der Waals surface area (Å²) in [6.45, 7) is 1.14. The van der Waals surface area contributed by atoms with Gasteiger partial charge in [0.05, 0.1) is 0 Å². The van der Waals surface area contributed by atoms with E-state index in [1.807, 2.05) is 12.3 Å². The molecule has 0 amide bonds. The number of nitrogens with one attached hydrogen (secondary N) is 1. The summed E-state index contributed by atoms with van der Waals surface area (Å²) in [4.78, 5) is 4.16. The molecule has 2 rings (SSSR count). The van der Waals surface area contributed by atoms with Crippen LogP contribution in [0.3, 0.4) is 0 Å². The SMILES string of the molecule is Brc1ccc(C2CCN2)cn1. The summed E-state index contributed by atoms with van der Waals surface area (Å²) >= 11 is 3.30. The molecule has 1 unspecified atom stereocenters. The third-order valence-corrected chi connectivity index (χ3v) is 2.45. The van der Waals surface area contributed by atoms with E-state index < -0.39 is 0 Å². The summed E-state index contributed by atoms with van der Waals surface area (Å²) in [6.07, 6.45) is 3.16. The molecule has 0 aliphatic carbocycles. The molecule has 1 fully saturated rings. The van der Waals surface area contributed by atoms with Crippen LogP contribution in [0.2, 0.25) is 0 Å². The summed E-state index contributed by atoms with van der Waals surface area (Å²) in [6, 6.07) is 4.64. The maximum Gasteiger partial charge on any atom is 0.106 e. The van der Waals surface area contributed by atoms with Gasteiger partial charge in [0.1, 0.15) is 4.60 Å². The third-order valence-electron chi connectivity index (χ3n) is 1.98. The zero-order valence-corrected chi connectivity index (χ0v) is 7.63. The van der Waals surface area contributed by atoms with E-state index in [4.69, 9.17) is 0 Å². The molecule has 11 heavy (non-hydrogen) atoms. The van der Waals surface area contributed by atoms with Crippen molar-refractivity contribution >= 4 is 15.9 Å². The number of halogens is 1. The number of aromatic nitrogens is 1. The summed E-state index contributed by atoms with van der Waals surface area (Å²) in [5, 5.41) is 3.33. The molecule has 3 heteroatoms. The summed E-state index contributed by atoms with van der Waals surface area (Å²) in [7, 11) is 0. The van der Waals surface area contributed by atoms with E-state index in [-0.39, 0.29) is 0 Å². The van der Waals surface area contributed by atoms with Gasteiger partial charge in [-0.25, -0.2) is 4.98 Å². The van der Waals surface area contributed by atoms with Crippen molar-refractivity contribution in [1.82, 2.24) is 10.3 Å². The highest BCUT2D eigenvalue weighted by molar-refractivity contribution is 9.10. The molecule has 0 bridgehead atoms. The summed E-state index contributed by atoms with van der Waals surface area (Å²) in [5.74, 6) is 0. The molecule has 1 N–H and O–H groups in total. The van der Waals surface area contributed by atoms with Crippen molar-refractivity contribution in [3.8, 4) is 0 Å². The Kier molecular flexibility index (Phi) is 1.92. The van der Waals surface area contributed by atoms with Gasteiger partial charge in [0.15, 0.2) is 0 Å². The molecule has 0 radical (unpaired) electrons. The third kappa shape index (κ3) is 1.44. The lowest BCUT2D eigenvalue weighted by Gasteiger charge is -2.27. The fourth-order valence-electron chi connectivity index (χ4n) is 1.17. The summed E-state index contributed by atoms with van der Waals surface area (Å²) < 4.78 is 0.903. The Morgan fingerprint density at radius 3 is 2.82 bits per heavy atom. The number of nitrogens with zero attached hydrogens (tertiary/aromatic N) is 1. The van der Waals surface area contributed by atoms with Crippen molar-refractivity contribution in [2.45, 2.75) is 12.5 Å². The van der Waals surface area contributed by atoms with Crippen molar-refractivity contribution in [2.75, 3.05) is 6.54 Å². The van der Waals surface area contributed by atoms with Crippen LogP contribution < -0.4 is 5.32 Å². The molecule has 1 aliphatic rings. The molecule has 1 atom stereocenters. The number of hydrogen-bond donors (Lipinski definition) is 1. The Hall–Kier alpha value is -0.410. The Bertz CT molecular complexity index is 241. The second-order valence-corrected chi connectivity index (χ2v) is 3.52. The summed E-state index contributed by atoms with van der Waals surface area (Å²) in [5.41, 5.74) is 1.29. The monoisotopic (exact) mass is 212 g/mol. The first-order valence-corrected chi connectivity index (χ1v) is 4.50. The van der Waals surface area contributed by atoms with E-state index in [2.05, 4.69) is 32.3 Å². The highest BCUT2D eigenvalue weighted by atomic mass is 79.9. The zero-order chi connectivity index (χ0) is 7.68. The maximum absolute atomic E-state index is 4.16. The Labute approximate surface area is 74.2 Å². The number of hydrogen-bond acceptors (Lipinski definition) is 2. The quantitative estimate of drug-likeness (QED) is 0.720. The van der Waals surface area contributed by atoms with Crippen LogP contribution in [0.1, 0.15) is 18.0 Å². The largest absolute Gasteiger partial charge is 0.310 e. The van der Waals surface area contributed by atoms with Crippen LogP contribution in [0.25, 0.3) is 0 Å². The van der Waals surface area contributed by atoms with Crippen LogP contribution in [0.15, 0.2) is 22.9 Å². The molecule has 1 aromatic heterocycles. The fraction of sp³-hybridized carbons (Fsp3) is 0.375. The zero-order valence-electron chi connectivity index (χ0n) is 6.05. The van der Waals surface area contributed by atoms with Crippen LogP contribution >= 0.6 is 15.9 Å². The molecule has 1 aromatic rings. The smallest absolute Gasteiger partial charge is 0.106 e. The first-order valence-electron chi connectivity index (χ1n) is 3.71. The normalized spacial score (nSPS) is 22.8. The van der Waals surface area contributed by atoms with Gasteiger partial charge in [0.2, 0.25) is 0 Å². The van der Waals surface area contributed by atoms with Crippen molar-refractivity contribution < 1.29 is 0 Å². The molecule has 1 saturated heterocycles. The molecular formula is C8H9BrN2. The van der Waals surface area contributed by atoms with Crippen molar-refractivity contribution in [1.29, 1.82) is 0 Å². The molecule has 0 spiro atoms. The molecule has 0 aromatic carbocycles. The minimum absolute atomic E-state index is 0.551. The topological polar surface area (TPSA) is 24.9 Å². The molecular weight excluding hydrogens is 204 g/mol. The lowest BCUT2D eigenvalue weighted by atomic mass is 10.0.